The number of carbonyl (C=O) groups excluding carboxylic acids is 1. The van der Waals surface area contributed by atoms with E-state index in [4.69, 9.17) is 11.6 Å². The lowest BCUT2D eigenvalue weighted by atomic mass is 10.2. The van der Waals surface area contributed by atoms with Crippen LogP contribution in [0.5, 0.6) is 0 Å². The third-order valence-corrected chi connectivity index (χ3v) is 4.30. The number of amides is 1. The third-order valence-electron chi connectivity index (χ3n) is 4.05. The first-order valence-electron chi connectivity index (χ1n) is 8.19. The number of nitrogens with one attached hydrogen (secondary N) is 2. The van der Waals surface area contributed by atoms with Crippen molar-refractivity contribution in [3.05, 3.63) is 77.2 Å². The second kappa shape index (κ2) is 7.05. The van der Waals surface area contributed by atoms with Gasteiger partial charge in [-0.25, -0.2) is 14.6 Å². The van der Waals surface area contributed by atoms with Crippen molar-refractivity contribution in [2.45, 2.75) is 6.92 Å². The fourth-order valence-electron chi connectivity index (χ4n) is 2.61. The Bertz CT molecular complexity index is 1110. The molecule has 0 saturated carbocycles. The van der Waals surface area contributed by atoms with Gasteiger partial charge in [-0.1, -0.05) is 29.3 Å². The Labute approximate surface area is 160 Å². The zero-order valence-corrected chi connectivity index (χ0v) is 15.1. The minimum absolute atomic E-state index is 0.302. The first kappa shape index (κ1) is 17.0. The number of halogens is 1. The topological polar surface area (TPSA) is 84.7 Å². The van der Waals surface area contributed by atoms with Crippen molar-refractivity contribution in [2.24, 2.45) is 0 Å². The number of hydrogen-bond donors (Lipinski definition) is 2. The highest BCUT2D eigenvalue weighted by molar-refractivity contribution is 6.30. The van der Waals surface area contributed by atoms with E-state index in [0.717, 1.165) is 11.3 Å². The normalized spacial score (nSPS) is 10.7. The summed E-state index contributed by atoms with van der Waals surface area (Å²) < 4.78 is 1.72. The Morgan fingerprint density at radius 1 is 1.04 bits per heavy atom. The van der Waals surface area contributed by atoms with E-state index in [2.05, 4.69) is 25.9 Å². The van der Waals surface area contributed by atoms with Gasteiger partial charge in [0.2, 0.25) is 0 Å². The van der Waals surface area contributed by atoms with Gasteiger partial charge in [0, 0.05) is 10.6 Å². The van der Waals surface area contributed by atoms with E-state index in [1.807, 2.05) is 31.2 Å². The van der Waals surface area contributed by atoms with Gasteiger partial charge in [0.05, 0.1) is 17.3 Å². The van der Waals surface area contributed by atoms with Crippen molar-refractivity contribution < 1.29 is 4.79 Å². The number of carbonyl (C=O) groups is 1. The molecular weight excluding hydrogens is 364 g/mol. The summed E-state index contributed by atoms with van der Waals surface area (Å²) in [5, 5.41) is 5.66. The van der Waals surface area contributed by atoms with Crippen LogP contribution in [0.15, 0.2) is 61.1 Å². The van der Waals surface area contributed by atoms with Crippen molar-refractivity contribution in [1.82, 2.24) is 25.2 Å². The molecule has 4 aromatic rings. The molecule has 0 saturated heterocycles. The van der Waals surface area contributed by atoms with Crippen LogP contribution in [0.4, 0.5) is 5.82 Å². The first-order valence-corrected chi connectivity index (χ1v) is 8.57. The second-order valence-electron chi connectivity index (χ2n) is 5.94. The number of rotatable bonds is 4. The van der Waals surface area contributed by atoms with Crippen molar-refractivity contribution >= 4 is 34.4 Å². The third kappa shape index (κ3) is 3.45. The maximum Gasteiger partial charge on any atom is 0.269 e. The number of hydrogen-bond acceptors (Lipinski definition) is 5. The van der Waals surface area contributed by atoms with Gasteiger partial charge in [-0.2, -0.15) is 5.10 Å². The van der Waals surface area contributed by atoms with Gasteiger partial charge in [0.25, 0.3) is 5.91 Å². The predicted molar refractivity (Wildman–Crippen MR) is 104 cm³/mol. The quantitative estimate of drug-likeness (QED) is 0.530. The first-order chi connectivity index (χ1) is 13.1. The number of aromatic nitrogens is 4. The molecule has 1 amide bonds. The summed E-state index contributed by atoms with van der Waals surface area (Å²) >= 11 is 5.84. The zero-order valence-electron chi connectivity index (χ0n) is 14.3. The Morgan fingerprint density at radius 2 is 1.78 bits per heavy atom. The molecule has 2 heterocycles. The summed E-state index contributed by atoms with van der Waals surface area (Å²) in [5.74, 6) is 0.157. The predicted octanol–water partition coefficient (Wildman–Crippen LogP) is 3.53. The van der Waals surface area contributed by atoms with Crippen LogP contribution in [0.2, 0.25) is 5.02 Å². The number of nitrogens with zero attached hydrogens (tertiary/aromatic N) is 4. The van der Waals surface area contributed by atoms with Gasteiger partial charge in [0.15, 0.2) is 11.5 Å². The SMILES string of the molecule is Cc1ccc(-n2ncc3c(NNC(=O)c4ccc(Cl)cc4)ncnc32)cc1. The highest BCUT2D eigenvalue weighted by Crippen LogP contribution is 2.21. The van der Waals surface area contributed by atoms with Gasteiger partial charge in [-0.15, -0.1) is 0 Å². The molecule has 0 atom stereocenters. The molecule has 2 aromatic heterocycles. The lowest BCUT2D eigenvalue weighted by molar-refractivity contribution is 0.0962. The standard InChI is InChI=1S/C19H15ClN6O/c1-12-2-8-15(9-3-12)26-18-16(10-23-26)17(21-11-22-18)24-25-19(27)13-4-6-14(20)7-5-13/h2-11H,1H3,(H,25,27)(H,21,22,24). The van der Waals surface area contributed by atoms with Gasteiger partial charge in [0.1, 0.15) is 6.33 Å². The van der Waals surface area contributed by atoms with E-state index < -0.39 is 0 Å². The fourth-order valence-corrected chi connectivity index (χ4v) is 2.73. The van der Waals surface area contributed by atoms with Crippen molar-refractivity contribution in [1.29, 1.82) is 0 Å². The van der Waals surface area contributed by atoms with E-state index in [1.165, 1.54) is 6.33 Å². The molecule has 0 fully saturated rings. The molecule has 4 rings (SSSR count). The van der Waals surface area contributed by atoms with Crippen molar-refractivity contribution in [3.63, 3.8) is 0 Å². The summed E-state index contributed by atoms with van der Waals surface area (Å²) in [6.07, 6.45) is 3.08. The van der Waals surface area contributed by atoms with Crippen LogP contribution in [0.3, 0.4) is 0 Å². The molecular formula is C19H15ClN6O. The van der Waals surface area contributed by atoms with E-state index in [1.54, 1.807) is 35.1 Å². The van der Waals surface area contributed by atoms with Crippen LogP contribution >= 0.6 is 11.6 Å². The molecule has 0 radical (unpaired) electrons. The monoisotopic (exact) mass is 378 g/mol. The number of hydrazine groups is 1. The number of fused-ring (bicyclic) bond motifs is 1. The molecule has 8 heteroatoms. The highest BCUT2D eigenvalue weighted by Gasteiger charge is 2.12. The van der Waals surface area contributed by atoms with Gasteiger partial charge < -0.3 is 0 Å². The molecule has 134 valence electrons. The lowest BCUT2D eigenvalue weighted by Crippen LogP contribution is -2.29. The fraction of sp³-hybridized carbons (Fsp3) is 0.0526. The molecule has 0 unspecified atom stereocenters. The van der Waals surface area contributed by atoms with Gasteiger partial charge in [-0.3, -0.25) is 15.6 Å². The van der Waals surface area contributed by atoms with E-state index in [-0.39, 0.29) is 5.91 Å². The van der Waals surface area contributed by atoms with Gasteiger partial charge >= 0.3 is 0 Å². The Hall–Kier alpha value is -3.45. The molecule has 27 heavy (non-hydrogen) atoms. The largest absolute Gasteiger partial charge is 0.281 e. The van der Waals surface area contributed by atoms with Crippen molar-refractivity contribution in [2.75, 3.05) is 5.43 Å². The molecule has 2 N–H and O–H groups in total. The van der Waals surface area contributed by atoms with Crippen LogP contribution in [-0.4, -0.2) is 25.7 Å². The van der Waals surface area contributed by atoms with Crippen LogP contribution in [-0.2, 0) is 0 Å². The van der Waals surface area contributed by atoms with Crippen LogP contribution in [0.1, 0.15) is 15.9 Å². The maximum atomic E-state index is 12.2. The number of anilines is 1. The van der Waals surface area contributed by atoms with Crippen LogP contribution in [0, 0.1) is 6.92 Å². The Kier molecular flexibility index (Phi) is 4.43. The zero-order chi connectivity index (χ0) is 18.8. The summed E-state index contributed by atoms with van der Waals surface area (Å²) in [7, 11) is 0. The number of benzene rings is 2. The van der Waals surface area contributed by atoms with Crippen molar-refractivity contribution in [3.8, 4) is 5.69 Å². The molecule has 0 bridgehead atoms. The van der Waals surface area contributed by atoms with Crippen LogP contribution in [0.25, 0.3) is 16.7 Å². The number of aryl methyl sites for hydroxylation is 1. The molecule has 0 aliphatic carbocycles. The van der Waals surface area contributed by atoms with E-state index >= 15 is 0 Å². The summed E-state index contributed by atoms with van der Waals surface area (Å²) in [6.45, 7) is 2.03. The second-order valence-corrected chi connectivity index (χ2v) is 6.37. The Morgan fingerprint density at radius 3 is 2.52 bits per heavy atom. The average Bonchev–Trinajstić information content (AvgIpc) is 3.12. The average molecular weight is 379 g/mol. The molecule has 0 spiro atoms. The molecule has 0 aliphatic rings. The van der Waals surface area contributed by atoms with E-state index in [9.17, 15) is 4.79 Å². The summed E-state index contributed by atoms with van der Waals surface area (Å²) in [6, 6.07) is 14.6. The maximum absolute atomic E-state index is 12.2. The van der Waals surface area contributed by atoms with Gasteiger partial charge in [-0.05, 0) is 43.3 Å². The highest BCUT2D eigenvalue weighted by atomic mass is 35.5. The summed E-state index contributed by atoms with van der Waals surface area (Å²) in [5.41, 5.74) is 8.63. The summed E-state index contributed by atoms with van der Waals surface area (Å²) in [4.78, 5) is 20.8. The minimum Gasteiger partial charge on any atom is -0.281 e. The van der Waals surface area contributed by atoms with E-state index in [0.29, 0.717) is 27.4 Å². The smallest absolute Gasteiger partial charge is 0.269 e. The Balaban J connectivity index is 1.58. The minimum atomic E-state index is -0.302. The van der Waals surface area contributed by atoms with Crippen LogP contribution < -0.4 is 10.9 Å². The molecule has 2 aromatic carbocycles. The lowest BCUT2D eigenvalue weighted by Gasteiger charge is -2.09. The molecule has 7 nitrogen and oxygen atoms in total. The molecule has 0 aliphatic heterocycles.